The van der Waals surface area contributed by atoms with Gasteiger partial charge in [0, 0.05) is 12.6 Å². The van der Waals surface area contributed by atoms with Crippen molar-refractivity contribution < 1.29 is 8.42 Å². The predicted molar refractivity (Wildman–Crippen MR) is 79.0 cm³/mol. The number of nitrogens with one attached hydrogen (secondary N) is 1. The lowest BCUT2D eigenvalue weighted by molar-refractivity contribution is 0.502. The molecule has 0 amide bonds. The average molecular weight is 281 g/mol. The Bertz CT molecular complexity index is 507. The number of hydrogen-bond donors (Lipinski definition) is 1. The number of benzene rings is 1. The van der Waals surface area contributed by atoms with Crippen molar-refractivity contribution in [3.63, 3.8) is 0 Å². The maximum Gasteiger partial charge on any atom is 0.154 e. The van der Waals surface area contributed by atoms with Crippen molar-refractivity contribution in [3.8, 4) is 0 Å². The van der Waals surface area contributed by atoms with E-state index in [4.69, 9.17) is 0 Å². The fourth-order valence-corrected chi connectivity index (χ4v) is 4.44. The van der Waals surface area contributed by atoms with E-state index in [1.165, 1.54) is 11.1 Å². The Morgan fingerprint density at radius 2 is 2.00 bits per heavy atom. The van der Waals surface area contributed by atoms with Gasteiger partial charge in [0.25, 0.3) is 0 Å². The molecule has 4 heteroatoms. The number of sulfone groups is 1. The van der Waals surface area contributed by atoms with E-state index in [1.807, 2.05) is 0 Å². The van der Waals surface area contributed by atoms with Gasteiger partial charge in [-0.25, -0.2) is 8.42 Å². The molecule has 1 aromatic rings. The summed E-state index contributed by atoms with van der Waals surface area (Å²) in [6.07, 6.45) is 2.59. The van der Waals surface area contributed by atoms with Crippen LogP contribution in [0.15, 0.2) is 24.3 Å². The fraction of sp³-hybridized carbons (Fsp3) is 0.600. The first-order chi connectivity index (χ1) is 9.03. The molecule has 2 rings (SSSR count). The molecule has 1 fully saturated rings. The molecule has 1 aliphatic rings. The van der Waals surface area contributed by atoms with E-state index >= 15 is 0 Å². The molecule has 106 valence electrons. The van der Waals surface area contributed by atoms with Gasteiger partial charge in [-0.05, 0) is 31.7 Å². The van der Waals surface area contributed by atoms with E-state index in [2.05, 4.69) is 43.4 Å². The van der Waals surface area contributed by atoms with Crippen LogP contribution in [0.3, 0.4) is 0 Å². The summed E-state index contributed by atoms with van der Waals surface area (Å²) < 4.78 is 23.6. The quantitative estimate of drug-likeness (QED) is 0.902. The number of rotatable bonds is 5. The zero-order valence-corrected chi connectivity index (χ0v) is 12.5. The van der Waals surface area contributed by atoms with Gasteiger partial charge in [0.1, 0.15) is 0 Å². The monoisotopic (exact) mass is 281 g/mol. The minimum Gasteiger partial charge on any atom is -0.309 e. The van der Waals surface area contributed by atoms with Crippen molar-refractivity contribution in [2.75, 3.05) is 12.3 Å². The normalized spacial score (nSPS) is 23.4. The molecule has 1 aromatic carbocycles. The first kappa shape index (κ1) is 14.5. The van der Waals surface area contributed by atoms with Crippen LogP contribution in [0.4, 0.5) is 0 Å². The molecule has 3 nitrogen and oxygen atoms in total. The van der Waals surface area contributed by atoms with Gasteiger partial charge >= 0.3 is 0 Å². The van der Waals surface area contributed by atoms with Gasteiger partial charge < -0.3 is 5.32 Å². The van der Waals surface area contributed by atoms with Crippen molar-refractivity contribution in [2.45, 2.75) is 44.4 Å². The smallest absolute Gasteiger partial charge is 0.154 e. The fourth-order valence-electron chi connectivity index (χ4n) is 2.66. The lowest BCUT2D eigenvalue weighted by Crippen LogP contribution is -2.33. The molecule has 1 N–H and O–H groups in total. The van der Waals surface area contributed by atoms with E-state index in [9.17, 15) is 8.42 Å². The Morgan fingerprint density at radius 3 is 2.53 bits per heavy atom. The minimum absolute atomic E-state index is 0.188. The predicted octanol–water partition coefficient (Wildman–Crippen LogP) is 2.61. The van der Waals surface area contributed by atoms with Gasteiger partial charge in [-0.3, -0.25) is 0 Å². The Hall–Kier alpha value is -0.870. The zero-order valence-electron chi connectivity index (χ0n) is 11.7. The molecule has 19 heavy (non-hydrogen) atoms. The summed E-state index contributed by atoms with van der Waals surface area (Å²) in [5.41, 5.74) is 2.49. The Morgan fingerprint density at radius 1 is 1.32 bits per heavy atom. The van der Waals surface area contributed by atoms with E-state index in [-0.39, 0.29) is 11.3 Å². The molecule has 0 saturated carbocycles. The summed E-state index contributed by atoms with van der Waals surface area (Å²) in [5, 5.41) is 3.24. The van der Waals surface area contributed by atoms with E-state index in [0.29, 0.717) is 12.3 Å². The second-order valence-electron chi connectivity index (χ2n) is 5.41. The van der Waals surface area contributed by atoms with Crippen LogP contribution in [0.1, 0.15) is 43.4 Å². The van der Waals surface area contributed by atoms with Gasteiger partial charge in [-0.1, -0.05) is 36.8 Å². The van der Waals surface area contributed by atoms with Crippen LogP contribution in [0.2, 0.25) is 0 Å². The topological polar surface area (TPSA) is 46.2 Å². The molecule has 1 aliphatic heterocycles. The largest absolute Gasteiger partial charge is 0.309 e. The molecular formula is C15H23NO2S. The molecule has 2 unspecified atom stereocenters. The molecule has 1 heterocycles. The molecule has 0 spiro atoms. The summed E-state index contributed by atoms with van der Waals surface area (Å²) in [6.45, 7) is 4.78. The first-order valence-electron chi connectivity index (χ1n) is 7.04. The van der Waals surface area contributed by atoms with Crippen molar-refractivity contribution in [2.24, 2.45) is 0 Å². The molecule has 0 aromatic heterocycles. The molecule has 2 atom stereocenters. The van der Waals surface area contributed by atoms with Crippen LogP contribution in [-0.4, -0.2) is 26.0 Å². The minimum atomic E-state index is -2.84. The third-order valence-corrected chi connectivity index (χ3v) is 6.22. The second kappa shape index (κ2) is 6.06. The van der Waals surface area contributed by atoms with Crippen LogP contribution in [0, 0.1) is 6.92 Å². The third-order valence-electron chi connectivity index (χ3n) is 3.94. The Balaban J connectivity index is 1.98. The van der Waals surface area contributed by atoms with Crippen molar-refractivity contribution in [1.82, 2.24) is 5.32 Å². The highest BCUT2D eigenvalue weighted by molar-refractivity contribution is 7.92. The van der Waals surface area contributed by atoms with Gasteiger partial charge in [-0.15, -0.1) is 0 Å². The Labute approximate surface area is 116 Å². The summed E-state index contributed by atoms with van der Waals surface area (Å²) >= 11 is 0. The standard InChI is InChI=1S/C15H23NO2S/c1-3-15(13-8-6-12(2)7-9-13)16-11-14-5-4-10-19(14,17)18/h6-9,14-16H,3-5,10-11H2,1-2H3. The van der Waals surface area contributed by atoms with Crippen LogP contribution in [-0.2, 0) is 9.84 Å². The maximum atomic E-state index is 11.8. The van der Waals surface area contributed by atoms with Crippen LogP contribution in [0.25, 0.3) is 0 Å². The van der Waals surface area contributed by atoms with E-state index in [0.717, 1.165) is 19.3 Å². The van der Waals surface area contributed by atoms with Crippen LogP contribution >= 0.6 is 0 Å². The lowest BCUT2D eigenvalue weighted by atomic mass is 10.0. The second-order valence-corrected chi connectivity index (χ2v) is 7.81. The van der Waals surface area contributed by atoms with Crippen LogP contribution < -0.4 is 5.32 Å². The van der Waals surface area contributed by atoms with Crippen LogP contribution in [0.5, 0.6) is 0 Å². The molecule has 0 bridgehead atoms. The van der Waals surface area contributed by atoms with Gasteiger partial charge in [-0.2, -0.15) is 0 Å². The number of hydrogen-bond acceptors (Lipinski definition) is 3. The summed E-state index contributed by atoms with van der Waals surface area (Å²) in [7, 11) is -2.84. The van der Waals surface area contributed by atoms with Gasteiger partial charge in [0.05, 0.1) is 11.0 Å². The van der Waals surface area contributed by atoms with Gasteiger partial charge in [0.15, 0.2) is 9.84 Å². The molecular weight excluding hydrogens is 258 g/mol. The SMILES string of the molecule is CCC(NCC1CCCS1(=O)=O)c1ccc(C)cc1. The lowest BCUT2D eigenvalue weighted by Gasteiger charge is -2.20. The molecule has 0 radical (unpaired) electrons. The average Bonchev–Trinajstić information content (AvgIpc) is 2.71. The highest BCUT2D eigenvalue weighted by Gasteiger charge is 2.31. The molecule has 1 saturated heterocycles. The third kappa shape index (κ3) is 3.57. The highest BCUT2D eigenvalue weighted by Crippen LogP contribution is 2.22. The van der Waals surface area contributed by atoms with E-state index in [1.54, 1.807) is 0 Å². The van der Waals surface area contributed by atoms with Crippen molar-refractivity contribution >= 4 is 9.84 Å². The van der Waals surface area contributed by atoms with Crippen molar-refractivity contribution in [1.29, 1.82) is 0 Å². The summed E-state index contributed by atoms with van der Waals surface area (Å²) in [6, 6.07) is 8.70. The first-order valence-corrected chi connectivity index (χ1v) is 8.76. The van der Waals surface area contributed by atoms with Gasteiger partial charge in [0.2, 0.25) is 0 Å². The zero-order chi connectivity index (χ0) is 13.9. The Kier molecular flexibility index (Phi) is 4.63. The maximum absolute atomic E-state index is 11.8. The van der Waals surface area contributed by atoms with Crippen molar-refractivity contribution in [3.05, 3.63) is 35.4 Å². The highest BCUT2D eigenvalue weighted by atomic mass is 32.2. The van der Waals surface area contributed by atoms with E-state index < -0.39 is 9.84 Å². The molecule has 0 aliphatic carbocycles. The summed E-state index contributed by atoms with van der Waals surface area (Å²) in [5.74, 6) is 0.362. The number of aryl methyl sites for hydroxylation is 1. The summed E-state index contributed by atoms with van der Waals surface area (Å²) in [4.78, 5) is 0.